The summed E-state index contributed by atoms with van der Waals surface area (Å²) in [6.07, 6.45) is 5.02. The number of nitrogens with one attached hydrogen (secondary N) is 1. The van der Waals surface area contributed by atoms with Crippen LogP contribution in [0.5, 0.6) is 0 Å². The van der Waals surface area contributed by atoms with E-state index in [2.05, 4.69) is 12.2 Å². The van der Waals surface area contributed by atoms with Gasteiger partial charge in [0.2, 0.25) is 0 Å². The predicted octanol–water partition coefficient (Wildman–Crippen LogP) is 2.37. The Morgan fingerprint density at radius 1 is 1.24 bits per heavy atom. The lowest BCUT2D eigenvalue weighted by Gasteiger charge is -2.32. The average Bonchev–Trinajstić information content (AvgIpc) is 2.29. The van der Waals surface area contributed by atoms with Crippen LogP contribution in [0.15, 0.2) is 0 Å². The monoisotopic (exact) mass is 261 g/mol. The first-order valence-electron chi connectivity index (χ1n) is 6.96. The van der Waals surface area contributed by atoms with Crippen molar-refractivity contribution in [3.63, 3.8) is 0 Å². The van der Waals surface area contributed by atoms with Crippen molar-refractivity contribution < 1.29 is 8.42 Å². The number of hydrogen-bond donors (Lipinski definition) is 1. The van der Waals surface area contributed by atoms with Gasteiger partial charge < -0.3 is 5.32 Å². The Kier molecular flexibility index (Phi) is 5.93. The van der Waals surface area contributed by atoms with Crippen LogP contribution in [0.2, 0.25) is 0 Å². The maximum absolute atomic E-state index is 12.4. The average molecular weight is 261 g/mol. The van der Waals surface area contributed by atoms with Crippen LogP contribution in [0.4, 0.5) is 0 Å². The van der Waals surface area contributed by atoms with Crippen LogP contribution < -0.4 is 5.32 Å². The molecule has 3 unspecified atom stereocenters. The molecule has 102 valence electrons. The number of hydrogen-bond acceptors (Lipinski definition) is 3. The molecule has 0 radical (unpaired) electrons. The van der Waals surface area contributed by atoms with E-state index < -0.39 is 9.84 Å². The summed E-state index contributed by atoms with van der Waals surface area (Å²) in [4.78, 5) is 0. The molecule has 0 aliphatic heterocycles. The van der Waals surface area contributed by atoms with Crippen molar-refractivity contribution in [1.82, 2.24) is 5.32 Å². The van der Waals surface area contributed by atoms with Gasteiger partial charge in [-0.2, -0.15) is 0 Å². The van der Waals surface area contributed by atoms with Crippen molar-refractivity contribution in [3.8, 4) is 0 Å². The highest BCUT2D eigenvalue weighted by Gasteiger charge is 2.35. The zero-order valence-electron chi connectivity index (χ0n) is 11.4. The van der Waals surface area contributed by atoms with Crippen molar-refractivity contribution in [2.75, 3.05) is 12.3 Å². The van der Waals surface area contributed by atoms with Crippen LogP contribution in [-0.2, 0) is 9.84 Å². The Morgan fingerprint density at radius 2 is 1.88 bits per heavy atom. The third-order valence-corrected chi connectivity index (χ3v) is 6.36. The van der Waals surface area contributed by atoms with E-state index >= 15 is 0 Å². The summed E-state index contributed by atoms with van der Waals surface area (Å²) >= 11 is 0. The van der Waals surface area contributed by atoms with E-state index in [0.29, 0.717) is 5.75 Å². The molecule has 1 fully saturated rings. The second kappa shape index (κ2) is 6.74. The van der Waals surface area contributed by atoms with Gasteiger partial charge in [0.05, 0.1) is 11.0 Å². The topological polar surface area (TPSA) is 46.2 Å². The predicted molar refractivity (Wildman–Crippen MR) is 73.0 cm³/mol. The first-order chi connectivity index (χ1) is 8.01. The fraction of sp³-hybridized carbons (Fsp3) is 1.00. The fourth-order valence-electron chi connectivity index (χ4n) is 2.66. The van der Waals surface area contributed by atoms with Crippen LogP contribution in [0, 0.1) is 5.92 Å². The van der Waals surface area contributed by atoms with Crippen LogP contribution in [0.1, 0.15) is 52.9 Å². The summed E-state index contributed by atoms with van der Waals surface area (Å²) in [6, 6.07) is 0.183. The van der Waals surface area contributed by atoms with Gasteiger partial charge in [-0.05, 0) is 25.3 Å². The van der Waals surface area contributed by atoms with Crippen LogP contribution in [0.3, 0.4) is 0 Å². The maximum atomic E-state index is 12.4. The fourth-order valence-corrected chi connectivity index (χ4v) is 5.20. The van der Waals surface area contributed by atoms with E-state index in [4.69, 9.17) is 0 Å². The summed E-state index contributed by atoms with van der Waals surface area (Å²) in [6.45, 7) is 7.00. The highest BCUT2D eigenvalue weighted by molar-refractivity contribution is 7.92. The van der Waals surface area contributed by atoms with Crippen LogP contribution >= 0.6 is 0 Å². The standard InChI is InChI=1S/C13H27NO2S/c1-4-11(3)10-17(15,16)13-9-7-6-8-12(13)14-5-2/h11-14H,4-10H2,1-3H3. The van der Waals surface area contributed by atoms with E-state index in [9.17, 15) is 8.42 Å². The molecule has 1 rings (SSSR count). The van der Waals surface area contributed by atoms with E-state index in [0.717, 1.165) is 38.6 Å². The minimum Gasteiger partial charge on any atom is -0.313 e. The molecule has 3 atom stereocenters. The lowest BCUT2D eigenvalue weighted by molar-refractivity contribution is 0.375. The molecular formula is C13H27NO2S. The van der Waals surface area contributed by atoms with E-state index in [-0.39, 0.29) is 17.2 Å². The third-order valence-electron chi connectivity index (χ3n) is 3.84. The summed E-state index contributed by atoms with van der Waals surface area (Å²) < 4.78 is 24.8. The van der Waals surface area contributed by atoms with Crippen molar-refractivity contribution in [3.05, 3.63) is 0 Å². The molecule has 0 aromatic rings. The largest absolute Gasteiger partial charge is 0.313 e. The molecule has 17 heavy (non-hydrogen) atoms. The molecule has 3 nitrogen and oxygen atoms in total. The second-order valence-electron chi connectivity index (χ2n) is 5.33. The Morgan fingerprint density at radius 3 is 2.47 bits per heavy atom. The highest BCUT2D eigenvalue weighted by atomic mass is 32.2. The van der Waals surface area contributed by atoms with Gasteiger partial charge in [-0.3, -0.25) is 0 Å². The molecule has 1 saturated carbocycles. The molecule has 1 N–H and O–H groups in total. The molecule has 0 saturated heterocycles. The van der Waals surface area contributed by atoms with Gasteiger partial charge in [0.1, 0.15) is 0 Å². The Bertz CT molecular complexity index is 311. The van der Waals surface area contributed by atoms with Crippen molar-refractivity contribution >= 4 is 9.84 Å². The molecule has 0 bridgehead atoms. The van der Waals surface area contributed by atoms with Gasteiger partial charge in [0.25, 0.3) is 0 Å². The minimum atomic E-state index is -2.93. The van der Waals surface area contributed by atoms with E-state index in [1.807, 2.05) is 13.8 Å². The van der Waals surface area contributed by atoms with Gasteiger partial charge in [-0.25, -0.2) is 8.42 Å². The summed E-state index contributed by atoms with van der Waals surface area (Å²) in [7, 11) is -2.93. The van der Waals surface area contributed by atoms with Crippen LogP contribution in [0.25, 0.3) is 0 Å². The van der Waals surface area contributed by atoms with Gasteiger partial charge in [0.15, 0.2) is 9.84 Å². The molecular weight excluding hydrogens is 234 g/mol. The SMILES string of the molecule is CCNC1CCCCC1S(=O)(=O)CC(C)CC. The molecule has 4 heteroatoms. The highest BCUT2D eigenvalue weighted by Crippen LogP contribution is 2.26. The Hall–Kier alpha value is -0.0900. The summed E-state index contributed by atoms with van der Waals surface area (Å²) in [5.41, 5.74) is 0. The quantitative estimate of drug-likeness (QED) is 0.798. The van der Waals surface area contributed by atoms with Crippen molar-refractivity contribution in [2.45, 2.75) is 64.2 Å². The summed E-state index contributed by atoms with van der Waals surface area (Å²) in [5.74, 6) is 0.639. The molecule has 0 amide bonds. The first-order valence-corrected chi connectivity index (χ1v) is 8.67. The molecule has 0 spiro atoms. The first kappa shape index (κ1) is 15.0. The Labute approximate surface area is 106 Å². The molecule has 0 aromatic heterocycles. The third kappa shape index (κ3) is 4.25. The normalized spacial score (nSPS) is 27.9. The molecule has 1 aliphatic rings. The Balaban J connectivity index is 2.72. The van der Waals surface area contributed by atoms with E-state index in [1.54, 1.807) is 0 Å². The summed E-state index contributed by atoms with van der Waals surface area (Å²) in [5, 5.41) is 3.20. The lowest BCUT2D eigenvalue weighted by Crippen LogP contribution is -2.47. The zero-order valence-corrected chi connectivity index (χ0v) is 12.2. The van der Waals surface area contributed by atoms with E-state index in [1.165, 1.54) is 0 Å². The van der Waals surface area contributed by atoms with Crippen molar-refractivity contribution in [1.29, 1.82) is 0 Å². The molecule has 0 heterocycles. The van der Waals surface area contributed by atoms with Crippen LogP contribution in [-0.4, -0.2) is 32.0 Å². The zero-order chi connectivity index (χ0) is 12.9. The molecule has 1 aliphatic carbocycles. The lowest BCUT2D eigenvalue weighted by atomic mass is 9.95. The van der Waals surface area contributed by atoms with Gasteiger partial charge in [-0.1, -0.05) is 40.0 Å². The number of sulfone groups is 1. The van der Waals surface area contributed by atoms with Gasteiger partial charge in [-0.15, -0.1) is 0 Å². The molecule has 0 aromatic carbocycles. The minimum absolute atomic E-state index is 0.148. The smallest absolute Gasteiger partial charge is 0.154 e. The second-order valence-corrected chi connectivity index (χ2v) is 7.59. The van der Waals surface area contributed by atoms with Gasteiger partial charge >= 0.3 is 0 Å². The number of rotatable bonds is 6. The van der Waals surface area contributed by atoms with Gasteiger partial charge in [0, 0.05) is 6.04 Å². The van der Waals surface area contributed by atoms with Crippen molar-refractivity contribution in [2.24, 2.45) is 5.92 Å². The maximum Gasteiger partial charge on any atom is 0.154 e.